The van der Waals surface area contributed by atoms with Gasteiger partial charge in [-0.2, -0.15) is 0 Å². The molecule has 1 atom stereocenters. The van der Waals surface area contributed by atoms with E-state index in [1.54, 1.807) is 12.1 Å². The second-order valence-electron chi connectivity index (χ2n) is 7.85. The Hall–Kier alpha value is -3.29. The summed E-state index contributed by atoms with van der Waals surface area (Å²) in [5, 5.41) is 14.5. The molecule has 2 aliphatic heterocycles. The first-order chi connectivity index (χ1) is 14.5. The highest BCUT2D eigenvalue weighted by Gasteiger charge is 2.25. The van der Waals surface area contributed by atoms with Crippen LogP contribution in [0.2, 0.25) is 0 Å². The molecule has 2 heterocycles. The minimum atomic E-state index is -0.405. The molecule has 2 aromatic carbocycles. The number of carbonyl (C=O) groups excluding carboxylic acids is 1. The maximum absolute atomic E-state index is 12.5. The first-order valence-corrected chi connectivity index (χ1v) is 10.2. The zero-order chi connectivity index (χ0) is 21.1. The van der Waals surface area contributed by atoms with Crippen LogP contribution in [0.5, 0.6) is 11.5 Å². The van der Waals surface area contributed by atoms with Gasteiger partial charge in [0.2, 0.25) is 6.79 Å². The summed E-state index contributed by atoms with van der Waals surface area (Å²) >= 11 is 0. The summed E-state index contributed by atoms with van der Waals surface area (Å²) < 4.78 is 10.7. The molecule has 0 radical (unpaired) electrons. The first kappa shape index (κ1) is 20.0. The van der Waals surface area contributed by atoms with Crippen LogP contribution in [0.25, 0.3) is 0 Å². The topological polar surface area (TPSA) is 93.9 Å². The summed E-state index contributed by atoms with van der Waals surface area (Å²) in [6.07, 6.45) is 2.77. The molecule has 0 saturated carbocycles. The van der Waals surface area contributed by atoms with Crippen molar-refractivity contribution in [3.05, 3.63) is 57.6 Å². The molecule has 1 fully saturated rings. The van der Waals surface area contributed by atoms with Crippen molar-refractivity contribution in [3.8, 4) is 11.5 Å². The van der Waals surface area contributed by atoms with Crippen molar-refractivity contribution in [1.82, 2.24) is 5.32 Å². The fourth-order valence-electron chi connectivity index (χ4n) is 4.01. The Bertz CT molecular complexity index is 962. The number of ether oxygens (including phenoxy) is 2. The van der Waals surface area contributed by atoms with Crippen LogP contribution in [0.15, 0.2) is 36.4 Å². The fraction of sp³-hybridized carbons (Fsp3) is 0.409. The number of nitro groups is 1. The highest BCUT2D eigenvalue weighted by atomic mass is 16.7. The van der Waals surface area contributed by atoms with Crippen LogP contribution in [-0.4, -0.2) is 37.3 Å². The lowest BCUT2D eigenvalue weighted by Crippen LogP contribution is -2.34. The molecule has 8 nitrogen and oxygen atoms in total. The molecule has 0 unspecified atom stereocenters. The van der Waals surface area contributed by atoms with Crippen LogP contribution in [-0.2, 0) is 6.42 Å². The summed E-state index contributed by atoms with van der Waals surface area (Å²) in [4.78, 5) is 25.8. The van der Waals surface area contributed by atoms with Gasteiger partial charge in [-0.15, -0.1) is 0 Å². The third-order valence-corrected chi connectivity index (χ3v) is 5.57. The second kappa shape index (κ2) is 8.61. The molecule has 0 spiro atoms. The maximum atomic E-state index is 12.5. The Morgan fingerprint density at radius 1 is 1.23 bits per heavy atom. The third-order valence-electron chi connectivity index (χ3n) is 5.57. The van der Waals surface area contributed by atoms with Crippen LogP contribution in [0.1, 0.15) is 35.7 Å². The van der Waals surface area contributed by atoms with E-state index >= 15 is 0 Å². The van der Waals surface area contributed by atoms with Crippen molar-refractivity contribution >= 4 is 17.3 Å². The molecule has 4 rings (SSSR count). The van der Waals surface area contributed by atoms with Crippen molar-refractivity contribution < 1.29 is 19.2 Å². The van der Waals surface area contributed by atoms with Crippen LogP contribution in [0.3, 0.4) is 0 Å². The van der Waals surface area contributed by atoms with Gasteiger partial charge in [-0.05, 0) is 55.0 Å². The number of benzene rings is 2. The SMILES string of the molecule is C[C@H]1CCCN(c2ccc(C(=O)NCCc3ccc4c(c3)OCO4)cc2[N+](=O)[O-])C1. The van der Waals surface area contributed by atoms with E-state index in [-0.39, 0.29) is 18.4 Å². The number of amides is 1. The Balaban J connectivity index is 1.41. The number of nitro benzene ring substituents is 1. The van der Waals surface area contributed by atoms with E-state index in [9.17, 15) is 14.9 Å². The molecule has 2 aliphatic rings. The number of anilines is 1. The average molecular weight is 411 g/mol. The van der Waals surface area contributed by atoms with Gasteiger partial charge in [0.05, 0.1) is 4.92 Å². The highest BCUT2D eigenvalue weighted by Crippen LogP contribution is 2.33. The van der Waals surface area contributed by atoms with Crippen molar-refractivity contribution in [2.45, 2.75) is 26.2 Å². The number of hydrogen-bond donors (Lipinski definition) is 1. The molecule has 2 aromatic rings. The van der Waals surface area contributed by atoms with Gasteiger partial charge in [-0.3, -0.25) is 14.9 Å². The van der Waals surface area contributed by atoms with E-state index in [1.165, 1.54) is 6.07 Å². The minimum Gasteiger partial charge on any atom is -0.454 e. The fourth-order valence-corrected chi connectivity index (χ4v) is 4.01. The van der Waals surface area contributed by atoms with Gasteiger partial charge in [-0.25, -0.2) is 0 Å². The number of fused-ring (bicyclic) bond motifs is 1. The molecule has 1 amide bonds. The van der Waals surface area contributed by atoms with Gasteiger partial charge in [-0.1, -0.05) is 13.0 Å². The van der Waals surface area contributed by atoms with Crippen molar-refractivity contribution in [2.24, 2.45) is 5.92 Å². The van der Waals surface area contributed by atoms with Crippen LogP contribution < -0.4 is 19.7 Å². The number of hydrogen-bond acceptors (Lipinski definition) is 6. The van der Waals surface area contributed by atoms with E-state index in [2.05, 4.69) is 12.2 Å². The average Bonchev–Trinajstić information content (AvgIpc) is 3.21. The summed E-state index contributed by atoms with van der Waals surface area (Å²) in [5.74, 6) is 1.60. The van der Waals surface area contributed by atoms with Gasteiger partial charge in [0.15, 0.2) is 11.5 Å². The van der Waals surface area contributed by atoms with Gasteiger partial charge in [0, 0.05) is 31.3 Å². The van der Waals surface area contributed by atoms with Crippen molar-refractivity contribution in [3.63, 3.8) is 0 Å². The summed E-state index contributed by atoms with van der Waals surface area (Å²) in [6.45, 7) is 4.38. The molecule has 1 saturated heterocycles. The standard InChI is InChI=1S/C22H25N3O5/c1-15-3-2-10-24(13-15)18-6-5-17(12-19(18)25(27)28)22(26)23-9-8-16-4-7-20-21(11-16)30-14-29-20/h4-7,11-12,15H,2-3,8-10,13-14H2,1H3,(H,23,26)/t15-/m0/s1. The van der Waals surface area contributed by atoms with Gasteiger partial charge in [0.1, 0.15) is 5.69 Å². The molecule has 0 bridgehead atoms. The Morgan fingerprint density at radius 3 is 2.87 bits per heavy atom. The van der Waals surface area contributed by atoms with E-state index < -0.39 is 4.92 Å². The molecule has 0 aromatic heterocycles. The second-order valence-corrected chi connectivity index (χ2v) is 7.85. The van der Waals surface area contributed by atoms with Crippen LogP contribution in [0.4, 0.5) is 11.4 Å². The van der Waals surface area contributed by atoms with Crippen molar-refractivity contribution in [1.29, 1.82) is 0 Å². The number of piperidine rings is 1. The zero-order valence-electron chi connectivity index (χ0n) is 16.9. The highest BCUT2D eigenvalue weighted by molar-refractivity contribution is 5.95. The third kappa shape index (κ3) is 4.32. The largest absolute Gasteiger partial charge is 0.454 e. The number of nitrogens with one attached hydrogen (secondary N) is 1. The number of nitrogens with zero attached hydrogens (tertiary/aromatic N) is 2. The van der Waals surface area contributed by atoms with Gasteiger partial charge >= 0.3 is 0 Å². The predicted molar refractivity (Wildman–Crippen MR) is 112 cm³/mol. The molecular formula is C22H25N3O5. The maximum Gasteiger partial charge on any atom is 0.293 e. The zero-order valence-corrected chi connectivity index (χ0v) is 16.9. The normalized spacial score (nSPS) is 17.6. The smallest absolute Gasteiger partial charge is 0.293 e. The van der Waals surface area contributed by atoms with E-state index in [0.29, 0.717) is 35.9 Å². The molecule has 8 heteroatoms. The molecule has 158 valence electrons. The Labute approximate surface area is 174 Å². The van der Waals surface area contributed by atoms with E-state index in [0.717, 1.165) is 37.2 Å². The number of carbonyl (C=O) groups is 1. The van der Waals surface area contributed by atoms with Gasteiger partial charge < -0.3 is 19.7 Å². The molecular weight excluding hydrogens is 386 g/mol. The summed E-state index contributed by atoms with van der Waals surface area (Å²) in [5.41, 5.74) is 1.87. The van der Waals surface area contributed by atoms with Crippen LogP contribution >= 0.6 is 0 Å². The van der Waals surface area contributed by atoms with Gasteiger partial charge in [0.25, 0.3) is 11.6 Å². The Morgan fingerprint density at radius 2 is 2.07 bits per heavy atom. The van der Waals surface area contributed by atoms with E-state index in [1.807, 2.05) is 23.1 Å². The quantitative estimate of drug-likeness (QED) is 0.577. The first-order valence-electron chi connectivity index (χ1n) is 10.2. The Kier molecular flexibility index (Phi) is 5.74. The molecule has 0 aliphatic carbocycles. The predicted octanol–water partition coefficient (Wildman–Crippen LogP) is 3.53. The van der Waals surface area contributed by atoms with Crippen LogP contribution in [0, 0.1) is 16.0 Å². The van der Waals surface area contributed by atoms with Crippen molar-refractivity contribution in [2.75, 3.05) is 31.3 Å². The molecule has 30 heavy (non-hydrogen) atoms. The lowest BCUT2D eigenvalue weighted by Gasteiger charge is -2.32. The minimum absolute atomic E-state index is 0.0208. The summed E-state index contributed by atoms with van der Waals surface area (Å²) in [7, 11) is 0. The van der Waals surface area contributed by atoms with E-state index in [4.69, 9.17) is 9.47 Å². The number of rotatable bonds is 6. The monoisotopic (exact) mass is 411 g/mol. The lowest BCUT2D eigenvalue weighted by atomic mass is 9.99. The lowest BCUT2D eigenvalue weighted by molar-refractivity contribution is -0.384. The summed E-state index contributed by atoms with van der Waals surface area (Å²) in [6, 6.07) is 10.4. The molecule has 1 N–H and O–H groups in total.